The van der Waals surface area contributed by atoms with Crippen molar-refractivity contribution in [3.63, 3.8) is 0 Å². The summed E-state index contributed by atoms with van der Waals surface area (Å²) in [5, 5.41) is 0. The topological polar surface area (TPSA) is 64.1 Å². The van der Waals surface area contributed by atoms with Gasteiger partial charge in [0.25, 0.3) is 5.91 Å². The summed E-state index contributed by atoms with van der Waals surface area (Å²) in [5.74, 6) is 0.526. The lowest BCUT2D eigenvalue weighted by Gasteiger charge is -2.29. The van der Waals surface area contributed by atoms with Crippen molar-refractivity contribution in [3.05, 3.63) is 53.1 Å². The Labute approximate surface area is 124 Å². The summed E-state index contributed by atoms with van der Waals surface area (Å²) in [6.45, 7) is 5.48. The van der Waals surface area contributed by atoms with Crippen LogP contribution in [0.5, 0.6) is 0 Å². The van der Waals surface area contributed by atoms with Crippen LogP contribution in [-0.4, -0.2) is 26.9 Å². The minimum absolute atomic E-state index is 0.431. The monoisotopic (exact) mass is 284 g/mol. The lowest BCUT2D eigenvalue weighted by Crippen LogP contribution is -2.34. The lowest BCUT2D eigenvalue weighted by molar-refractivity contribution is 0.0992. The number of primary amides is 1. The van der Waals surface area contributed by atoms with Crippen LogP contribution in [0.1, 0.15) is 34.5 Å². The third kappa shape index (κ3) is 2.69. The predicted molar refractivity (Wildman–Crippen MR) is 80.7 cm³/mol. The zero-order valence-electron chi connectivity index (χ0n) is 12.2. The fraction of sp³-hybridized carbons (Fsp3) is 0.375. The first-order valence-electron chi connectivity index (χ1n) is 7.33. The molecule has 21 heavy (non-hydrogen) atoms. The summed E-state index contributed by atoms with van der Waals surface area (Å²) in [7, 11) is 0. The number of benzene rings is 1. The zero-order chi connectivity index (χ0) is 14.8. The fourth-order valence-corrected chi connectivity index (χ4v) is 2.94. The van der Waals surface area contributed by atoms with Gasteiger partial charge in [-0.2, -0.15) is 0 Å². The van der Waals surface area contributed by atoms with Crippen LogP contribution >= 0.6 is 0 Å². The normalized spacial score (nSPS) is 14.9. The second-order valence-electron chi connectivity index (χ2n) is 5.39. The van der Waals surface area contributed by atoms with E-state index in [0.717, 1.165) is 44.1 Å². The van der Waals surface area contributed by atoms with Crippen molar-refractivity contribution in [1.29, 1.82) is 0 Å². The number of amides is 1. The van der Waals surface area contributed by atoms with Gasteiger partial charge in [0.05, 0.1) is 5.69 Å². The van der Waals surface area contributed by atoms with Crippen LogP contribution in [0.15, 0.2) is 30.3 Å². The highest BCUT2D eigenvalue weighted by molar-refractivity contribution is 5.92. The SMILES string of the molecule is CCc1nc(C(N)=O)c2n1CCN(Cc1ccccc1)C2. The van der Waals surface area contributed by atoms with Gasteiger partial charge in [-0.05, 0) is 5.56 Å². The van der Waals surface area contributed by atoms with E-state index in [-0.39, 0.29) is 0 Å². The van der Waals surface area contributed by atoms with Gasteiger partial charge in [0.15, 0.2) is 5.69 Å². The van der Waals surface area contributed by atoms with E-state index >= 15 is 0 Å². The van der Waals surface area contributed by atoms with E-state index in [9.17, 15) is 4.79 Å². The molecule has 0 spiro atoms. The zero-order valence-corrected chi connectivity index (χ0v) is 12.2. The van der Waals surface area contributed by atoms with Gasteiger partial charge in [-0.1, -0.05) is 37.3 Å². The van der Waals surface area contributed by atoms with Crippen molar-refractivity contribution >= 4 is 5.91 Å². The molecule has 5 nitrogen and oxygen atoms in total. The maximum absolute atomic E-state index is 11.6. The number of nitrogens with zero attached hydrogens (tertiary/aromatic N) is 3. The van der Waals surface area contributed by atoms with Gasteiger partial charge in [-0.25, -0.2) is 4.98 Å². The molecule has 2 aromatic rings. The second kappa shape index (κ2) is 5.69. The van der Waals surface area contributed by atoms with Crippen LogP contribution in [0.2, 0.25) is 0 Å². The summed E-state index contributed by atoms with van der Waals surface area (Å²) in [6, 6.07) is 10.4. The van der Waals surface area contributed by atoms with Crippen LogP contribution in [-0.2, 0) is 26.1 Å². The van der Waals surface area contributed by atoms with Crippen molar-refractivity contribution < 1.29 is 4.79 Å². The molecule has 1 aliphatic rings. The van der Waals surface area contributed by atoms with Gasteiger partial charge in [0.1, 0.15) is 5.82 Å². The molecule has 5 heteroatoms. The molecule has 110 valence electrons. The number of carbonyl (C=O) groups is 1. The molecule has 0 saturated heterocycles. The maximum Gasteiger partial charge on any atom is 0.269 e. The minimum atomic E-state index is -0.431. The van der Waals surface area contributed by atoms with Gasteiger partial charge < -0.3 is 10.3 Å². The van der Waals surface area contributed by atoms with E-state index in [4.69, 9.17) is 5.73 Å². The van der Waals surface area contributed by atoms with Crippen molar-refractivity contribution in [1.82, 2.24) is 14.5 Å². The van der Waals surface area contributed by atoms with Crippen molar-refractivity contribution in [2.75, 3.05) is 6.54 Å². The molecule has 0 radical (unpaired) electrons. The van der Waals surface area contributed by atoms with Gasteiger partial charge in [0.2, 0.25) is 0 Å². The Balaban J connectivity index is 1.84. The Morgan fingerprint density at radius 2 is 2.05 bits per heavy atom. The third-order valence-corrected chi connectivity index (χ3v) is 3.96. The quantitative estimate of drug-likeness (QED) is 0.926. The molecule has 2 heterocycles. The van der Waals surface area contributed by atoms with E-state index in [1.807, 2.05) is 18.2 Å². The highest BCUT2D eigenvalue weighted by Crippen LogP contribution is 2.21. The Bertz CT molecular complexity index is 648. The number of imidazole rings is 1. The first-order valence-corrected chi connectivity index (χ1v) is 7.33. The van der Waals surface area contributed by atoms with Gasteiger partial charge in [-0.15, -0.1) is 0 Å². The summed E-state index contributed by atoms with van der Waals surface area (Å²) in [6.07, 6.45) is 0.818. The first-order chi connectivity index (χ1) is 10.2. The number of rotatable bonds is 4. The number of hydrogen-bond acceptors (Lipinski definition) is 3. The Hall–Kier alpha value is -2.14. The van der Waals surface area contributed by atoms with Crippen LogP contribution in [0.25, 0.3) is 0 Å². The average Bonchev–Trinajstić information content (AvgIpc) is 2.86. The Kier molecular flexibility index (Phi) is 3.75. The summed E-state index contributed by atoms with van der Waals surface area (Å²) < 4.78 is 2.15. The van der Waals surface area contributed by atoms with E-state index in [1.165, 1.54) is 5.56 Å². The summed E-state index contributed by atoms with van der Waals surface area (Å²) in [4.78, 5) is 18.3. The van der Waals surface area contributed by atoms with Crippen LogP contribution in [0.4, 0.5) is 0 Å². The highest BCUT2D eigenvalue weighted by Gasteiger charge is 2.25. The summed E-state index contributed by atoms with van der Waals surface area (Å²) in [5.41, 5.74) is 8.14. The van der Waals surface area contributed by atoms with Crippen LogP contribution < -0.4 is 5.73 Å². The average molecular weight is 284 g/mol. The number of hydrogen-bond donors (Lipinski definition) is 1. The van der Waals surface area contributed by atoms with E-state index in [2.05, 4.69) is 33.5 Å². The second-order valence-corrected chi connectivity index (χ2v) is 5.39. The molecule has 1 aromatic heterocycles. The molecule has 1 aromatic carbocycles. The third-order valence-electron chi connectivity index (χ3n) is 3.96. The smallest absolute Gasteiger partial charge is 0.269 e. The van der Waals surface area contributed by atoms with E-state index in [1.54, 1.807) is 0 Å². The molecule has 1 amide bonds. The largest absolute Gasteiger partial charge is 0.364 e. The molecule has 0 fully saturated rings. The van der Waals surface area contributed by atoms with Gasteiger partial charge in [0, 0.05) is 32.6 Å². The number of aryl methyl sites for hydroxylation is 1. The molecule has 1 aliphatic heterocycles. The van der Waals surface area contributed by atoms with Crippen LogP contribution in [0, 0.1) is 0 Å². The lowest BCUT2D eigenvalue weighted by atomic mass is 10.2. The molecule has 0 bridgehead atoms. The Morgan fingerprint density at radius 3 is 2.71 bits per heavy atom. The van der Waals surface area contributed by atoms with Gasteiger partial charge in [-0.3, -0.25) is 9.69 Å². The first kappa shape index (κ1) is 13.8. The van der Waals surface area contributed by atoms with Crippen molar-refractivity contribution in [2.24, 2.45) is 5.73 Å². The molecule has 0 aliphatic carbocycles. The predicted octanol–water partition coefficient (Wildman–Crippen LogP) is 1.56. The number of nitrogens with two attached hydrogens (primary N) is 1. The highest BCUT2D eigenvalue weighted by atomic mass is 16.1. The number of fused-ring (bicyclic) bond motifs is 1. The fourth-order valence-electron chi connectivity index (χ4n) is 2.94. The van der Waals surface area contributed by atoms with Crippen LogP contribution in [0.3, 0.4) is 0 Å². The molecular formula is C16H20N4O. The van der Waals surface area contributed by atoms with Crippen molar-refractivity contribution in [2.45, 2.75) is 33.0 Å². The molecule has 0 unspecified atom stereocenters. The molecule has 0 saturated carbocycles. The van der Waals surface area contributed by atoms with E-state index in [0.29, 0.717) is 5.69 Å². The standard InChI is InChI=1S/C16H20N4O/c1-2-14-18-15(16(17)21)13-11-19(8-9-20(13)14)10-12-6-4-3-5-7-12/h3-7H,2,8-11H2,1H3,(H2,17,21). The Morgan fingerprint density at radius 1 is 1.29 bits per heavy atom. The maximum atomic E-state index is 11.6. The van der Waals surface area contributed by atoms with Crippen molar-refractivity contribution in [3.8, 4) is 0 Å². The molecule has 2 N–H and O–H groups in total. The summed E-state index contributed by atoms with van der Waals surface area (Å²) >= 11 is 0. The minimum Gasteiger partial charge on any atom is -0.364 e. The molecular weight excluding hydrogens is 264 g/mol. The number of aromatic nitrogens is 2. The van der Waals surface area contributed by atoms with E-state index < -0.39 is 5.91 Å². The molecule has 3 rings (SSSR count). The van der Waals surface area contributed by atoms with Gasteiger partial charge >= 0.3 is 0 Å². The number of carbonyl (C=O) groups excluding carboxylic acids is 1. The molecule has 0 atom stereocenters.